The van der Waals surface area contributed by atoms with Crippen LogP contribution in [-0.4, -0.2) is 58.9 Å². The lowest BCUT2D eigenvalue weighted by Gasteiger charge is -2.29. The maximum atomic E-state index is 14.7. The summed E-state index contributed by atoms with van der Waals surface area (Å²) in [5.41, 5.74) is 0.828. The van der Waals surface area contributed by atoms with Crippen molar-refractivity contribution in [2.45, 2.75) is 37.8 Å². The van der Waals surface area contributed by atoms with E-state index in [-0.39, 0.29) is 42.0 Å². The minimum Gasteiger partial charge on any atom is -0.481 e. The van der Waals surface area contributed by atoms with E-state index in [4.69, 9.17) is 11.2 Å². The van der Waals surface area contributed by atoms with E-state index in [1.807, 2.05) is 0 Å². The van der Waals surface area contributed by atoms with Gasteiger partial charge in [0.25, 0.3) is 38.7 Å². The molecule has 4 heterocycles. The fourth-order valence-electron chi connectivity index (χ4n) is 5.34. The van der Waals surface area contributed by atoms with Crippen LogP contribution in [0.1, 0.15) is 31.4 Å². The molecule has 246 valence electrons. The minimum atomic E-state index is -4.35. The summed E-state index contributed by atoms with van der Waals surface area (Å²) in [6.07, 6.45) is 9.49. The molecule has 0 unspecified atom stereocenters. The number of imide groups is 1. The van der Waals surface area contributed by atoms with Gasteiger partial charge in [0.2, 0.25) is 0 Å². The predicted molar refractivity (Wildman–Crippen MR) is 164 cm³/mol. The Balaban J connectivity index is 0.000000170. The summed E-state index contributed by atoms with van der Waals surface area (Å²) in [6, 6.07) is 6.97. The average Bonchev–Trinajstić information content (AvgIpc) is 3.59. The highest BCUT2D eigenvalue weighted by molar-refractivity contribution is 7.92. The summed E-state index contributed by atoms with van der Waals surface area (Å²) in [6.45, 7) is 1.44. The third-order valence-corrected chi connectivity index (χ3v) is 8.75. The molecule has 1 N–H and O–H groups in total. The smallest absolute Gasteiger partial charge is 0.299 e. The van der Waals surface area contributed by atoms with Gasteiger partial charge >= 0.3 is 0 Å². The molecule has 0 saturated heterocycles. The predicted octanol–water partition coefficient (Wildman–Crippen LogP) is 3.44. The standard InChI is InChI=1S/C19H15FN2O4.C12H9F2N5O2S/c1-2-7-21-15-9-14(13(20)8-16(15)26-10-17(21)23)22-18(24)11-5-3-4-6-12(11)19(22)25;1-7-5-6-19-11(15-7)16-12(17-19)22(20,21)18-10-8(13)3-2-4-9(10)14/h1,8-9H,3-7,10H2;2-6,18H,1H3. The molecule has 0 bridgehead atoms. The molecule has 0 spiro atoms. The highest BCUT2D eigenvalue weighted by atomic mass is 32.2. The molecule has 3 amide bonds. The molecule has 2 aromatic heterocycles. The maximum Gasteiger partial charge on any atom is 0.299 e. The summed E-state index contributed by atoms with van der Waals surface area (Å²) in [4.78, 5) is 47.3. The maximum absolute atomic E-state index is 14.7. The Labute approximate surface area is 271 Å². The zero-order chi connectivity index (χ0) is 34.3. The number of sulfonamides is 1. The van der Waals surface area contributed by atoms with Crippen LogP contribution in [0, 0.1) is 36.7 Å². The van der Waals surface area contributed by atoms with Crippen LogP contribution in [-0.2, 0) is 24.4 Å². The van der Waals surface area contributed by atoms with E-state index < -0.39 is 50.1 Å². The minimum absolute atomic E-state index is 0.0170. The van der Waals surface area contributed by atoms with Gasteiger partial charge in [0.15, 0.2) is 12.4 Å². The Kier molecular flexibility index (Phi) is 8.35. The second-order valence-corrected chi connectivity index (χ2v) is 12.3. The largest absolute Gasteiger partial charge is 0.481 e. The van der Waals surface area contributed by atoms with Crippen molar-refractivity contribution in [1.82, 2.24) is 19.6 Å². The van der Waals surface area contributed by atoms with Crippen molar-refractivity contribution >= 4 is 50.6 Å². The van der Waals surface area contributed by atoms with E-state index in [9.17, 15) is 36.0 Å². The van der Waals surface area contributed by atoms with Crippen molar-refractivity contribution in [3.63, 3.8) is 0 Å². The first-order valence-corrected chi connectivity index (χ1v) is 15.9. The molecule has 2 aliphatic heterocycles. The molecule has 7 rings (SSSR count). The zero-order valence-corrected chi connectivity index (χ0v) is 25.9. The van der Waals surface area contributed by atoms with Crippen LogP contribution in [0.2, 0.25) is 0 Å². The van der Waals surface area contributed by atoms with Crippen LogP contribution >= 0.6 is 0 Å². The second-order valence-electron chi connectivity index (χ2n) is 10.8. The molecule has 0 saturated carbocycles. The molecule has 0 atom stereocenters. The number of carbonyl (C=O) groups is 3. The molecular weight excluding hydrogens is 655 g/mol. The monoisotopic (exact) mass is 679 g/mol. The van der Waals surface area contributed by atoms with Gasteiger partial charge in [-0.15, -0.1) is 11.5 Å². The number of terminal acetylenes is 1. The molecule has 4 aromatic rings. The second kappa shape index (κ2) is 12.4. The van der Waals surface area contributed by atoms with E-state index >= 15 is 0 Å². The molecule has 3 aliphatic rings. The molecule has 2 aromatic carbocycles. The van der Waals surface area contributed by atoms with Crippen molar-refractivity contribution in [3.8, 4) is 18.1 Å². The quantitative estimate of drug-likeness (QED) is 0.247. The summed E-state index contributed by atoms with van der Waals surface area (Å²) in [7, 11) is -4.35. The highest BCUT2D eigenvalue weighted by Crippen LogP contribution is 2.41. The molecule has 1 aliphatic carbocycles. The summed E-state index contributed by atoms with van der Waals surface area (Å²) in [5, 5.41) is 3.10. The van der Waals surface area contributed by atoms with Gasteiger partial charge in [-0.3, -0.25) is 24.0 Å². The van der Waals surface area contributed by atoms with Crippen molar-refractivity contribution in [2.24, 2.45) is 0 Å². The number of fused-ring (bicyclic) bond motifs is 2. The molecule has 0 fully saturated rings. The van der Waals surface area contributed by atoms with Gasteiger partial charge in [0, 0.05) is 29.1 Å². The number of ether oxygens (including phenoxy) is 1. The number of nitrogens with zero attached hydrogens (tertiary/aromatic N) is 6. The van der Waals surface area contributed by atoms with Gasteiger partial charge < -0.3 is 4.74 Å². The van der Waals surface area contributed by atoms with Crippen LogP contribution in [0.15, 0.2) is 58.9 Å². The fraction of sp³-hybridized carbons (Fsp3) is 0.226. The van der Waals surface area contributed by atoms with Gasteiger partial charge in [0.1, 0.15) is 23.1 Å². The molecule has 17 heteroatoms. The Morgan fingerprint density at radius 2 is 1.62 bits per heavy atom. The van der Waals surface area contributed by atoms with Crippen LogP contribution < -0.4 is 19.3 Å². The normalized spacial score (nSPS) is 15.9. The number of aryl methyl sites for hydroxylation is 1. The van der Waals surface area contributed by atoms with Crippen molar-refractivity contribution < 1.29 is 40.7 Å². The fourth-order valence-corrected chi connectivity index (χ4v) is 6.29. The number of carbonyl (C=O) groups excluding carboxylic acids is 3. The van der Waals surface area contributed by atoms with Gasteiger partial charge in [-0.25, -0.2) is 27.6 Å². The Hall–Kier alpha value is -5.76. The number of benzene rings is 2. The molecular formula is C31H24F3N7O6S. The topological polar surface area (TPSA) is 156 Å². The summed E-state index contributed by atoms with van der Waals surface area (Å²) in [5.74, 6) is -1.61. The van der Waals surface area contributed by atoms with Crippen LogP contribution in [0.5, 0.6) is 5.75 Å². The lowest BCUT2D eigenvalue weighted by Crippen LogP contribution is -2.39. The first-order valence-electron chi connectivity index (χ1n) is 14.4. The highest BCUT2D eigenvalue weighted by Gasteiger charge is 2.41. The summed E-state index contributed by atoms with van der Waals surface area (Å²) >= 11 is 0. The van der Waals surface area contributed by atoms with E-state index in [0.717, 1.165) is 46.5 Å². The Morgan fingerprint density at radius 3 is 2.27 bits per heavy atom. The van der Waals surface area contributed by atoms with Crippen LogP contribution in [0.4, 0.5) is 30.2 Å². The van der Waals surface area contributed by atoms with Crippen molar-refractivity contribution in [3.05, 3.63) is 76.9 Å². The number of halogens is 3. The van der Waals surface area contributed by atoms with Gasteiger partial charge in [-0.2, -0.15) is 13.4 Å². The Bertz CT molecular complexity index is 2170. The number of aromatic nitrogens is 4. The number of amides is 3. The first-order chi connectivity index (χ1) is 22.9. The SMILES string of the molecule is C#CCN1C(=O)COc2cc(F)c(N3C(=O)C4=C(CCCC4)C3=O)cc21.Cc1ccn2nc(S(=O)(=O)Nc3c(F)cccc3F)nc2n1. The number of anilines is 3. The number of rotatable bonds is 5. The molecule has 48 heavy (non-hydrogen) atoms. The summed E-state index contributed by atoms with van der Waals surface area (Å²) < 4.78 is 74.2. The van der Waals surface area contributed by atoms with E-state index in [2.05, 4.69) is 21.0 Å². The Morgan fingerprint density at radius 1 is 0.958 bits per heavy atom. The lowest BCUT2D eigenvalue weighted by atomic mass is 9.93. The number of hydrogen-bond donors (Lipinski definition) is 1. The van der Waals surface area contributed by atoms with Crippen molar-refractivity contribution in [1.29, 1.82) is 0 Å². The van der Waals surface area contributed by atoms with Gasteiger partial charge in [-0.05, 0) is 56.9 Å². The van der Waals surface area contributed by atoms with Gasteiger partial charge in [-0.1, -0.05) is 12.0 Å². The number of nitrogens with one attached hydrogen (secondary N) is 1. The average molecular weight is 680 g/mol. The lowest BCUT2D eigenvalue weighted by molar-refractivity contribution is -0.121. The van der Waals surface area contributed by atoms with E-state index in [0.29, 0.717) is 29.7 Å². The van der Waals surface area contributed by atoms with Crippen LogP contribution in [0.3, 0.4) is 0 Å². The van der Waals surface area contributed by atoms with Gasteiger partial charge in [0.05, 0.1) is 17.9 Å². The number of hydrogen-bond acceptors (Lipinski definition) is 9. The molecule has 0 radical (unpaired) electrons. The van der Waals surface area contributed by atoms with Crippen LogP contribution in [0.25, 0.3) is 5.78 Å². The molecule has 13 nitrogen and oxygen atoms in total. The van der Waals surface area contributed by atoms with Crippen molar-refractivity contribution in [2.75, 3.05) is 27.7 Å². The third-order valence-electron chi connectivity index (χ3n) is 7.62. The first kappa shape index (κ1) is 32.2. The number of para-hydroxylation sites is 1. The van der Waals surface area contributed by atoms with E-state index in [1.165, 1.54) is 17.2 Å². The third kappa shape index (κ3) is 5.81. The van der Waals surface area contributed by atoms with E-state index in [1.54, 1.807) is 17.7 Å². The zero-order valence-electron chi connectivity index (χ0n) is 25.0.